The number of allylic oxidation sites excluding steroid dienone is 2. The van der Waals surface area contributed by atoms with Gasteiger partial charge in [0.2, 0.25) is 0 Å². The second-order valence-corrected chi connectivity index (χ2v) is 3.06. The van der Waals surface area contributed by atoms with Crippen LogP contribution in [0.3, 0.4) is 0 Å². The predicted molar refractivity (Wildman–Crippen MR) is 45.7 cm³/mol. The van der Waals surface area contributed by atoms with Gasteiger partial charge in [-0.25, -0.2) is 0 Å². The van der Waals surface area contributed by atoms with Crippen molar-refractivity contribution in [3.63, 3.8) is 0 Å². The lowest BCUT2D eigenvalue weighted by Crippen LogP contribution is -1.99. The van der Waals surface area contributed by atoms with Crippen LogP contribution in [0.4, 0.5) is 0 Å². The lowest BCUT2D eigenvalue weighted by molar-refractivity contribution is 0.269. The van der Waals surface area contributed by atoms with E-state index in [1.165, 1.54) is 13.7 Å². The van der Waals surface area contributed by atoms with Gasteiger partial charge in [-0.3, -0.25) is 0 Å². The zero-order valence-electron chi connectivity index (χ0n) is 6.59. The summed E-state index contributed by atoms with van der Waals surface area (Å²) in [6, 6.07) is 0. The molecule has 1 aliphatic carbocycles. The topological polar surface area (TPSA) is 20.2 Å². The Morgan fingerprint density at radius 3 is 2.90 bits per heavy atom. The van der Waals surface area contributed by atoms with Crippen molar-refractivity contribution >= 4 is 7.28 Å². The number of aliphatic hydroxyl groups is 1. The van der Waals surface area contributed by atoms with E-state index < -0.39 is 0 Å². The lowest BCUT2D eigenvalue weighted by Gasteiger charge is -2.06. The Morgan fingerprint density at radius 1 is 1.60 bits per heavy atom. The molecule has 2 heteroatoms. The molecule has 0 bridgehead atoms. The maximum atomic E-state index is 8.65. The van der Waals surface area contributed by atoms with Crippen molar-refractivity contribution in [3.05, 3.63) is 12.2 Å². The Balaban J connectivity index is 2.24. The monoisotopic (exact) mass is 138 g/mol. The molecule has 0 amide bonds. The number of rotatable bonds is 3. The second kappa shape index (κ2) is 3.82. The molecular formula is C8H15BO. The van der Waals surface area contributed by atoms with Crippen molar-refractivity contribution in [2.75, 3.05) is 6.61 Å². The average Bonchev–Trinajstić information content (AvgIpc) is 2.37. The Morgan fingerprint density at radius 2 is 2.40 bits per heavy atom. The molecule has 56 valence electrons. The number of hydrogen-bond donors (Lipinski definition) is 1. The quantitative estimate of drug-likeness (QED) is 0.459. The van der Waals surface area contributed by atoms with Crippen molar-refractivity contribution in [1.29, 1.82) is 0 Å². The smallest absolute Gasteiger partial charge is 0.125 e. The molecule has 0 heterocycles. The summed E-state index contributed by atoms with van der Waals surface area (Å²) >= 11 is 0. The molecule has 0 aromatic carbocycles. The van der Waals surface area contributed by atoms with E-state index in [0.29, 0.717) is 12.5 Å². The van der Waals surface area contributed by atoms with Gasteiger partial charge in [-0.1, -0.05) is 19.0 Å². The molecule has 0 aromatic heterocycles. The molecule has 1 N–H and O–H groups in total. The molecule has 1 aliphatic rings. The molecule has 0 spiro atoms. The van der Waals surface area contributed by atoms with Crippen LogP contribution in [0.25, 0.3) is 0 Å². The summed E-state index contributed by atoms with van der Waals surface area (Å²) in [7, 11) is 1.25. The Bertz CT molecular complexity index is 122. The standard InChI is InChI=1S/C8H15BO/c1-9-8-3-2-7(6-8)4-5-10/h2-3,7-10H,4-6H2,1H3/t7-,8-/m0/s1. The van der Waals surface area contributed by atoms with Gasteiger partial charge in [-0.2, -0.15) is 0 Å². The van der Waals surface area contributed by atoms with Crippen LogP contribution in [0.15, 0.2) is 12.2 Å². The highest BCUT2D eigenvalue weighted by atomic mass is 16.3. The molecule has 0 aliphatic heterocycles. The molecule has 1 rings (SSSR count). The summed E-state index contributed by atoms with van der Waals surface area (Å²) in [4.78, 5) is 0. The molecule has 0 radical (unpaired) electrons. The summed E-state index contributed by atoms with van der Waals surface area (Å²) in [6.07, 6.45) is 6.76. The fourth-order valence-corrected chi connectivity index (χ4v) is 1.54. The van der Waals surface area contributed by atoms with Crippen molar-refractivity contribution in [2.24, 2.45) is 5.92 Å². The lowest BCUT2D eigenvalue weighted by atomic mass is 9.66. The molecular weight excluding hydrogens is 123 g/mol. The molecule has 2 atom stereocenters. The largest absolute Gasteiger partial charge is 0.396 e. The first kappa shape index (κ1) is 7.87. The van der Waals surface area contributed by atoms with Gasteiger partial charge >= 0.3 is 0 Å². The fraction of sp³-hybridized carbons (Fsp3) is 0.750. The first-order chi connectivity index (χ1) is 4.86. The van der Waals surface area contributed by atoms with Crippen molar-refractivity contribution in [1.82, 2.24) is 0 Å². The minimum absolute atomic E-state index is 0.339. The first-order valence-corrected chi connectivity index (χ1v) is 4.16. The Hall–Kier alpha value is -0.235. The van der Waals surface area contributed by atoms with Gasteiger partial charge in [0.05, 0.1) is 0 Å². The van der Waals surface area contributed by atoms with Gasteiger partial charge in [0.25, 0.3) is 0 Å². The summed E-state index contributed by atoms with van der Waals surface area (Å²) < 4.78 is 0. The third-order valence-corrected chi connectivity index (χ3v) is 2.29. The highest BCUT2D eigenvalue weighted by Crippen LogP contribution is 2.29. The molecule has 10 heavy (non-hydrogen) atoms. The predicted octanol–water partition coefficient (Wildman–Crippen LogP) is 1.22. The maximum absolute atomic E-state index is 8.65. The van der Waals surface area contributed by atoms with Crippen LogP contribution in [-0.4, -0.2) is 19.0 Å². The maximum Gasteiger partial charge on any atom is 0.125 e. The van der Waals surface area contributed by atoms with E-state index in [1.54, 1.807) is 0 Å². The first-order valence-electron chi connectivity index (χ1n) is 4.16. The highest BCUT2D eigenvalue weighted by molar-refractivity contribution is 6.36. The summed E-state index contributed by atoms with van der Waals surface area (Å²) in [6.45, 7) is 2.56. The van der Waals surface area contributed by atoms with Gasteiger partial charge in [0.1, 0.15) is 7.28 Å². The summed E-state index contributed by atoms with van der Waals surface area (Å²) in [5, 5.41) is 8.65. The Labute approximate surface area is 63.4 Å². The number of hydrogen-bond acceptors (Lipinski definition) is 1. The van der Waals surface area contributed by atoms with Crippen molar-refractivity contribution in [3.8, 4) is 0 Å². The third-order valence-electron chi connectivity index (χ3n) is 2.29. The van der Waals surface area contributed by atoms with E-state index in [4.69, 9.17) is 5.11 Å². The van der Waals surface area contributed by atoms with Gasteiger partial charge in [-0.15, -0.1) is 0 Å². The second-order valence-electron chi connectivity index (χ2n) is 3.06. The zero-order valence-corrected chi connectivity index (χ0v) is 6.59. The van der Waals surface area contributed by atoms with Crippen LogP contribution in [0, 0.1) is 5.92 Å². The molecule has 0 unspecified atom stereocenters. The van der Waals surface area contributed by atoms with Crippen LogP contribution >= 0.6 is 0 Å². The molecule has 0 fully saturated rings. The highest BCUT2D eigenvalue weighted by Gasteiger charge is 2.16. The minimum Gasteiger partial charge on any atom is -0.396 e. The summed E-state index contributed by atoms with van der Waals surface area (Å²) in [5.74, 6) is 1.45. The molecule has 0 saturated heterocycles. The molecule has 0 aromatic rings. The average molecular weight is 138 g/mol. The number of aliphatic hydroxyl groups excluding tert-OH is 1. The van der Waals surface area contributed by atoms with E-state index in [-0.39, 0.29) is 0 Å². The Kier molecular flexibility index (Phi) is 3.00. The van der Waals surface area contributed by atoms with Gasteiger partial charge in [0, 0.05) is 6.61 Å². The van der Waals surface area contributed by atoms with Gasteiger partial charge in [-0.05, 0) is 24.6 Å². The zero-order chi connectivity index (χ0) is 7.40. The third kappa shape index (κ3) is 1.88. The van der Waals surface area contributed by atoms with Gasteiger partial charge < -0.3 is 5.11 Å². The van der Waals surface area contributed by atoms with Crippen LogP contribution in [0.2, 0.25) is 12.6 Å². The molecule has 0 saturated carbocycles. The van der Waals surface area contributed by atoms with E-state index in [2.05, 4.69) is 19.0 Å². The SMILES string of the molecule is CB[C@H]1C=C[C@@H](CCO)C1. The van der Waals surface area contributed by atoms with E-state index in [1.807, 2.05) is 0 Å². The van der Waals surface area contributed by atoms with Crippen LogP contribution < -0.4 is 0 Å². The molecule has 1 nitrogen and oxygen atoms in total. The van der Waals surface area contributed by atoms with Crippen LogP contribution in [0.5, 0.6) is 0 Å². The van der Waals surface area contributed by atoms with Crippen molar-refractivity contribution < 1.29 is 5.11 Å². The van der Waals surface area contributed by atoms with Gasteiger partial charge in [0.15, 0.2) is 0 Å². The van der Waals surface area contributed by atoms with Crippen LogP contribution in [0.1, 0.15) is 12.8 Å². The van der Waals surface area contributed by atoms with Crippen LogP contribution in [-0.2, 0) is 0 Å². The van der Waals surface area contributed by atoms with E-state index in [9.17, 15) is 0 Å². The van der Waals surface area contributed by atoms with Crippen molar-refractivity contribution in [2.45, 2.75) is 25.5 Å². The summed E-state index contributed by atoms with van der Waals surface area (Å²) in [5.41, 5.74) is 0. The van der Waals surface area contributed by atoms with E-state index in [0.717, 1.165) is 12.2 Å². The fourth-order valence-electron chi connectivity index (χ4n) is 1.54. The normalized spacial score (nSPS) is 31.0. The minimum atomic E-state index is 0.339. The van der Waals surface area contributed by atoms with E-state index >= 15 is 0 Å².